The quantitative estimate of drug-likeness (QED) is 0.433. The van der Waals surface area contributed by atoms with Gasteiger partial charge in [-0.15, -0.1) is 0 Å². The lowest BCUT2D eigenvalue weighted by Crippen LogP contribution is -2.32. The highest BCUT2D eigenvalue weighted by Gasteiger charge is 2.32. The molecule has 0 unspecified atom stereocenters. The van der Waals surface area contributed by atoms with Gasteiger partial charge in [-0.1, -0.05) is 69.5 Å². The molecule has 138 valence electrons. The van der Waals surface area contributed by atoms with Gasteiger partial charge in [-0.3, -0.25) is 9.69 Å². The van der Waals surface area contributed by atoms with Crippen molar-refractivity contribution in [1.82, 2.24) is 0 Å². The Morgan fingerprint density at radius 2 is 1.75 bits per heavy atom. The molecule has 4 rings (SSSR count). The molecule has 1 aliphatic heterocycles. The second kappa shape index (κ2) is 7.74. The number of amidine groups is 1. The van der Waals surface area contributed by atoms with Crippen LogP contribution in [0.15, 0.2) is 88.0 Å². The summed E-state index contributed by atoms with van der Waals surface area (Å²) in [6.07, 6.45) is 1.78. The highest BCUT2D eigenvalue weighted by molar-refractivity contribution is 9.10. The summed E-state index contributed by atoms with van der Waals surface area (Å²) >= 11 is 9.45. The number of carbonyl (C=O) groups is 1. The van der Waals surface area contributed by atoms with E-state index in [0.29, 0.717) is 16.6 Å². The zero-order valence-corrected chi connectivity index (χ0v) is 17.4. The van der Waals surface area contributed by atoms with Gasteiger partial charge in [0.2, 0.25) is 0 Å². The van der Waals surface area contributed by atoms with Gasteiger partial charge < -0.3 is 0 Å². The van der Waals surface area contributed by atoms with Crippen LogP contribution >= 0.6 is 27.5 Å². The Hall–Kier alpha value is -2.69. The molecule has 0 bridgehead atoms. The molecular weight excluding hydrogens is 436 g/mol. The van der Waals surface area contributed by atoms with E-state index in [-0.39, 0.29) is 5.91 Å². The first-order valence-corrected chi connectivity index (χ1v) is 9.91. The van der Waals surface area contributed by atoms with Crippen LogP contribution in [0.3, 0.4) is 0 Å². The predicted molar refractivity (Wildman–Crippen MR) is 119 cm³/mol. The van der Waals surface area contributed by atoms with Gasteiger partial charge in [0.25, 0.3) is 5.91 Å². The summed E-state index contributed by atoms with van der Waals surface area (Å²) in [5, 5.41) is 0.652. The molecule has 3 aromatic rings. The summed E-state index contributed by atoms with van der Waals surface area (Å²) in [7, 11) is 0. The van der Waals surface area contributed by atoms with E-state index < -0.39 is 0 Å². The summed E-state index contributed by atoms with van der Waals surface area (Å²) in [5.74, 6) is 0.455. The van der Waals surface area contributed by atoms with Crippen molar-refractivity contribution in [3.8, 4) is 0 Å². The minimum Gasteiger partial charge on any atom is -0.266 e. The van der Waals surface area contributed by atoms with E-state index in [2.05, 4.69) is 15.9 Å². The van der Waals surface area contributed by atoms with Gasteiger partial charge in [0, 0.05) is 15.1 Å². The van der Waals surface area contributed by atoms with Gasteiger partial charge in [-0.2, -0.15) is 0 Å². The fourth-order valence-corrected chi connectivity index (χ4v) is 3.58. The first kappa shape index (κ1) is 18.7. The van der Waals surface area contributed by atoms with Crippen molar-refractivity contribution in [2.24, 2.45) is 4.99 Å². The number of rotatable bonds is 3. The van der Waals surface area contributed by atoms with Crippen LogP contribution < -0.4 is 4.90 Å². The molecule has 0 aromatic heterocycles. The van der Waals surface area contributed by atoms with E-state index >= 15 is 0 Å². The molecule has 1 heterocycles. The number of amides is 1. The first-order chi connectivity index (χ1) is 13.5. The third-order valence-corrected chi connectivity index (χ3v) is 5.12. The smallest absolute Gasteiger partial charge is 0.266 e. The topological polar surface area (TPSA) is 32.7 Å². The van der Waals surface area contributed by atoms with Gasteiger partial charge in [-0.05, 0) is 55.0 Å². The Balaban J connectivity index is 1.84. The van der Waals surface area contributed by atoms with Crippen LogP contribution in [-0.2, 0) is 4.79 Å². The monoisotopic (exact) mass is 450 g/mol. The number of hydrogen-bond acceptors (Lipinski definition) is 2. The third-order valence-electron chi connectivity index (χ3n) is 4.38. The number of halogens is 2. The lowest BCUT2D eigenvalue weighted by Gasteiger charge is -2.19. The Bertz CT molecular complexity index is 1120. The molecule has 1 aliphatic rings. The van der Waals surface area contributed by atoms with Crippen molar-refractivity contribution in [3.63, 3.8) is 0 Å². The van der Waals surface area contributed by atoms with Gasteiger partial charge in [0.15, 0.2) is 0 Å². The minimum absolute atomic E-state index is 0.162. The van der Waals surface area contributed by atoms with E-state index in [1.54, 1.807) is 23.1 Å². The average Bonchev–Trinajstić information content (AvgIpc) is 3.00. The molecule has 0 aliphatic carbocycles. The van der Waals surface area contributed by atoms with Crippen LogP contribution in [0.4, 0.5) is 5.69 Å². The predicted octanol–water partition coefficient (Wildman–Crippen LogP) is 6.25. The second-order valence-corrected chi connectivity index (χ2v) is 7.86. The Labute approximate surface area is 177 Å². The summed E-state index contributed by atoms with van der Waals surface area (Å²) in [6, 6.07) is 23.0. The van der Waals surface area contributed by atoms with Crippen LogP contribution in [-0.4, -0.2) is 11.7 Å². The fraction of sp³-hybridized carbons (Fsp3) is 0.0435. The lowest BCUT2D eigenvalue weighted by atomic mass is 10.1. The van der Waals surface area contributed by atoms with E-state index in [9.17, 15) is 4.79 Å². The molecule has 0 saturated heterocycles. The number of carbonyl (C=O) groups excluding carboxylic acids is 1. The molecule has 0 spiro atoms. The molecule has 5 heteroatoms. The Morgan fingerprint density at radius 1 is 1.00 bits per heavy atom. The summed E-state index contributed by atoms with van der Waals surface area (Å²) in [4.78, 5) is 19.6. The molecule has 28 heavy (non-hydrogen) atoms. The van der Waals surface area contributed by atoms with Crippen LogP contribution in [0, 0.1) is 6.92 Å². The second-order valence-electron chi connectivity index (χ2n) is 6.51. The van der Waals surface area contributed by atoms with E-state index in [1.807, 2.05) is 67.6 Å². The maximum Gasteiger partial charge on any atom is 0.282 e. The number of aliphatic imine (C=N–C) groups is 1. The van der Waals surface area contributed by atoms with E-state index in [4.69, 9.17) is 16.6 Å². The van der Waals surface area contributed by atoms with Crippen molar-refractivity contribution in [2.75, 3.05) is 4.90 Å². The van der Waals surface area contributed by atoms with E-state index in [0.717, 1.165) is 26.9 Å². The van der Waals surface area contributed by atoms with Crippen LogP contribution in [0.1, 0.15) is 16.7 Å². The highest BCUT2D eigenvalue weighted by Crippen LogP contribution is 2.30. The molecule has 0 fully saturated rings. The molecule has 3 nitrogen and oxygen atoms in total. The Morgan fingerprint density at radius 3 is 2.46 bits per heavy atom. The van der Waals surface area contributed by atoms with Crippen LogP contribution in [0.25, 0.3) is 6.08 Å². The van der Waals surface area contributed by atoms with Crippen molar-refractivity contribution < 1.29 is 4.79 Å². The lowest BCUT2D eigenvalue weighted by molar-refractivity contribution is -0.113. The number of benzene rings is 3. The van der Waals surface area contributed by atoms with Crippen molar-refractivity contribution in [1.29, 1.82) is 0 Å². The molecular formula is C23H16BrClN2O. The van der Waals surface area contributed by atoms with Gasteiger partial charge in [0.05, 0.1) is 5.69 Å². The number of aryl methyl sites for hydroxylation is 1. The zero-order chi connectivity index (χ0) is 19.7. The normalized spacial score (nSPS) is 15.2. The summed E-state index contributed by atoms with van der Waals surface area (Å²) < 4.78 is 0.900. The number of hydrogen-bond donors (Lipinski definition) is 0. The molecule has 0 saturated carbocycles. The molecule has 3 aromatic carbocycles. The molecule has 0 atom stereocenters. The van der Waals surface area contributed by atoms with Crippen molar-refractivity contribution in [3.05, 3.63) is 105 Å². The van der Waals surface area contributed by atoms with Gasteiger partial charge in [0.1, 0.15) is 11.5 Å². The van der Waals surface area contributed by atoms with Gasteiger partial charge >= 0.3 is 0 Å². The summed E-state index contributed by atoms with van der Waals surface area (Å²) in [6.45, 7) is 2.02. The average molecular weight is 452 g/mol. The zero-order valence-electron chi connectivity index (χ0n) is 15.1. The van der Waals surface area contributed by atoms with Crippen molar-refractivity contribution in [2.45, 2.75) is 6.92 Å². The molecule has 1 amide bonds. The molecule has 0 radical (unpaired) electrons. The summed E-state index contributed by atoms with van der Waals surface area (Å²) in [5.41, 5.74) is 4.03. The standard InChI is InChI=1S/C23H16BrClN2O/c1-15-4-2-5-17(12-15)22-26-21(13-16-8-10-19(25)11-9-16)23(28)27(22)20-7-3-6-18(24)14-20/h2-14H,1H3/b21-13+. The third kappa shape index (κ3) is 3.79. The SMILES string of the molecule is Cc1cccc(C2=N/C(=C/c3ccc(Cl)cc3)C(=O)N2c2cccc(Br)c2)c1. The minimum atomic E-state index is -0.162. The highest BCUT2D eigenvalue weighted by atomic mass is 79.9. The Kier molecular flexibility index (Phi) is 5.16. The van der Waals surface area contributed by atoms with Gasteiger partial charge in [-0.25, -0.2) is 4.99 Å². The number of anilines is 1. The van der Waals surface area contributed by atoms with Crippen LogP contribution in [0.5, 0.6) is 0 Å². The maximum absolute atomic E-state index is 13.3. The van der Waals surface area contributed by atoms with Crippen LogP contribution in [0.2, 0.25) is 5.02 Å². The largest absolute Gasteiger partial charge is 0.282 e. The first-order valence-electron chi connectivity index (χ1n) is 8.74. The fourth-order valence-electron chi connectivity index (χ4n) is 3.07. The maximum atomic E-state index is 13.3. The van der Waals surface area contributed by atoms with Crippen molar-refractivity contribution >= 4 is 51.0 Å². The van der Waals surface area contributed by atoms with E-state index in [1.165, 1.54) is 0 Å². The molecule has 0 N–H and O–H groups in total. The number of nitrogens with zero attached hydrogens (tertiary/aromatic N) is 2.